The SMILES string of the molecule is CC(C)C(NC(=O)c1cc(=O)[nH]c(-c2ncccn2)n1)c1ccc(C(F)(F)F)c(F)c1. The number of aromatic amines is 1. The third kappa shape index (κ3) is 5.11. The van der Waals surface area contributed by atoms with Gasteiger partial charge in [0.15, 0.2) is 11.6 Å². The van der Waals surface area contributed by atoms with Gasteiger partial charge in [-0.1, -0.05) is 19.9 Å². The minimum Gasteiger partial charge on any atom is -0.344 e. The third-order valence-corrected chi connectivity index (χ3v) is 4.36. The van der Waals surface area contributed by atoms with Crippen LogP contribution < -0.4 is 10.9 Å². The van der Waals surface area contributed by atoms with Gasteiger partial charge in [0.25, 0.3) is 11.5 Å². The summed E-state index contributed by atoms with van der Waals surface area (Å²) in [5.41, 5.74) is -2.12. The first-order valence-corrected chi connectivity index (χ1v) is 9.12. The zero-order valence-corrected chi connectivity index (χ0v) is 16.4. The Morgan fingerprint density at radius 1 is 1.13 bits per heavy atom. The van der Waals surface area contributed by atoms with Gasteiger partial charge in [-0.15, -0.1) is 0 Å². The number of amides is 1. The summed E-state index contributed by atoms with van der Waals surface area (Å²) in [5.74, 6) is -2.44. The van der Waals surface area contributed by atoms with Gasteiger partial charge < -0.3 is 10.3 Å². The lowest BCUT2D eigenvalue weighted by Crippen LogP contribution is -2.33. The lowest BCUT2D eigenvalue weighted by Gasteiger charge is -2.23. The number of rotatable bonds is 5. The van der Waals surface area contributed by atoms with Crippen molar-refractivity contribution in [3.05, 3.63) is 75.7 Å². The molecule has 0 fully saturated rings. The molecule has 11 heteroatoms. The van der Waals surface area contributed by atoms with Crippen LogP contribution in [0.1, 0.15) is 41.5 Å². The van der Waals surface area contributed by atoms with Crippen LogP contribution in [-0.4, -0.2) is 25.8 Å². The first kappa shape index (κ1) is 22.1. The van der Waals surface area contributed by atoms with E-state index < -0.39 is 35.1 Å². The maximum absolute atomic E-state index is 14.0. The normalized spacial score (nSPS) is 12.6. The van der Waals surface area contributed by atoms with Gasteiger partial charge in [0.1, 0.15) is 11.5 Å². The zero-order valence-electron chi connectivity index (χ0n) is 16.4. The van der Waals surface area contributed by atoms with Crippen LogP contribution in [0.2, 0.25) is 0 Å². The second kappa shape index (κ2) is 8.62. The molecule has 1 unspecified atom stereocenters. The smallest absolute Gasteiger partial charge is 0.344 e. The monoisotopic (exact) mass is 435 g/mol. The highest BCUT2D eigenvalue weighted by Crippen LogP contribution is 2.33. The average molecular weight is 435 g/mol. The van der Waals surface area contributed by atoms with Crippen LogP contribution in [0.3, 0.4) is 0 Å². The van der Waals surface area contributed by atoms with E-state index in [9.17, 15) is 27.2 Å². The predicted molar refractivity (Wildman–Crippen MR) is 102 cm³/mol. The molecule has 162 valence electrons. The van der Waals surface area contributed by atoms with Gasteiger partial charge in [-0.05, 0) is 29.7 Å². The van der Waals surface area contributed by atoms with Gasteiger partial charge in [0, 0.05) is 18.5 Å². The number of carbonyl (C=O) groups excluding carboxylic acids is 1. The Morgan fingerprint density at radius 2 is 1.81 bits per heavy atom. The Bertz CT molecular complexity index is 1150. The number of benzene rings is 1. The van der Waals surface area contributed by atoms with Crippen LogP contribution in [0.4, 0.5) is 17.6 Å². The fourth-order valence-corrected chi connectivity index (χ4v) is 2.91. The summed E-state index contributed by atoms with van der Waals surface area (Å²) in [7, 11) is 0. The van der Waals surface area contributed by atoms with Gasteiger partial charge >= 0.3 is 6.18 Å². The molecule has 0 aliphatic heterocycles. The molecule has 3 aromatic rings. The molecule has 0 saturated heterocycles. The van der Waals surface area contributed by atoms with E-state index in [1.165, 1.54) is 12.4 Å². The number of carbonyl (C=O) groups is 1. The number of alkyl halides is 3. The predicted octanol–water partition coefficient (Wildman–Crippen LogP) is 3.51. The van der Waals surface area contributed by atoms with E-state index in [2.05, 4.69) is 25.3 Å². The summed E-state index contributed by atoms with van der Waals surface area (Å²) in [6, 6.07) is 4.17. The molecule has 2 heterocycles. The minimum atomic E-state index is -4.83. The number of halogens is 4. The van der Waals surface area contributed by atoms with E-state index in [1.54, 1.807) is 19.9 Å². The maximum Gasteiger partial charge on any atom is 0.419 e. The molecule has 2 aromatic heterocycles. The molecule has 2 N–H and O–H groups in total. The molecule has 7 nitrogen and oxygen atoms in total. The lowest BCUT2D eigenvalue weighted by atomic mass is 9.94. The summed E-state index contributed by atoms with van der Waals surface area (Å²) in [4.78, 5) is 39.1. The van der Waals surface area contributed by atoms with E-state index in [4.69, 9.17) is 0 Å². The molecule has 0 aliphatic rings. The Hall–Kier alpha value is -3.63. The summed E-state index contributed by atoms with van der Waals surface area (Å²) >= 11 is 0. The van der Waals surface area contributed by atoms with Crippen LogP contribution in [0, 0.1) is 11.7 Å². The zero-order chi connectivity index (χ0) is 22.8. The van der Waals surface area contributed by atoms with E-state index in [0.717, 1.165) is 18.2 Å². The molecular formula is C20H17F4N5O2. The number of H-pyrrole nitrogens is 1. The van der Waals surface area contributed by atoms with Crippen molar-refractivity contribution in [2.75, 3.05) is 0 Å². The van der Waals surface area contributed by atoms with Gasteiger partial charge in [-0.3, -0.25) is 9.59 Å². The molecule has 3 rings (SSSR count). The number of hydrogen-bond acceptors (Lipinski definition) is 5. The van der Waals surface area contributed by atoms with Gasteiger partial charge in [-0.25, -0.2) is 19.3 Å². The van der Waals surface area contributed by atoms with E-state index in [0.29, 0.717) is 6.07 Å². The summed E-state index contributed by atoms with van der Waals surface area (Å²) in [6.45, 7) is 3.41. The Labute approximate surface area is 173 Å². The molecule has 0 saturated carbocycles. The van der Waals surface area contributed by atoms with Gasteiger partial charge in [0.05, 0.1) is 11.6 Å². The number of nitrogens with one attached hydrogen (secondary N) is 2. The highest BCUT2D eigenvalue weighted by Gasteiger charge is 2.34. The van der Waals surface area contributed by atoms with Crippen LogP contribution >= 0.6 is 0 Å². The average Bonchev–Trinajstić information content (AvgIpc) is 2.70. The molecule has 1 amide bonds. The van der Waals surface area contributed by atoms with Crippen molar-refractivity contribution in [2.45, 2.75) is 26.1 Å². The van der Waals surface area contributed by atoms with Crippen LogP contribution in [0.15, 0.2) is 47.5 Å². The van der Waals surface area contributed by atoms with E-state index in [1.807, 2.05) is 0 Å². The summed E-state index contributed by atoms with van der Waals surface area (Å²) in [5, 5.41) is 2.60. The van der Waals surface area contributed by atoms with Crippen molar-refractivity contribution in [3.8, 4) is 11.6 Å². The van der Waals surface area contributed by atoms with Gasteiger partial charge in [-0.2, -0.15) is 13.2 Å². The van der Waals surface area contributed by atoms with Crippen LogP contribution in [0.5, 0.6) is 0 Å². The van der Waals surface area contributed by atoms with Crippen molar-refractivity contribution in [3.63, 3.8) is 0 Å². The standard InChI is InChI=1S/C20H17F4N5O2/c1-10(2)16(11-4-5-12(13(21)8-11)20(22,23)24)29-19(31)14-9-15(30)28-18(27-14)17-25-6-3-7-26-17/h3-10,16H,1-2H3,(H,29,31)(H,27,28,30). The third-order valence-electron chi connectivity index (χ3n) is 4.36. The molecule has 31 heavy (non-hydrogen) atoms. The van der Waals surface area contributed by atoms with Crippen LogP contribution in [0.25, 0.3) is 11.6 Å². The van der Waals surface area contributed by atoms with Crippen molar-refractivity contribution in [2.24, 2.45) is 5.92 Å². The first-order valence-electron chi connectivity index (χ1n) is 9.12. The summed E-state index contributed by atoms with van der Waals surface area (Å²) < 4.78 is 52.5. The van der Waals surface area contributed by atoms with Crippen molar-refractivity contribution >= 4 is 5.91 Å². The highest BCUT2D eigenvalue weighted by molar-refractivity contribution is 5.92. The maximum atomic E-state index is 14.0. The highest BCUT2D eigenvalue weighted by atomic mass is 19.4. The largest absolute Gasteiger partial charge is 0.419 e. The fraction of sp³-hybridized carbons (Fsp3) is 0.250. The minimum absolute atomic E-state index is 0.0279. The molecule has 0 aliphatic carbocycles. The molecular weight excluding hydrogens is 418 g/mol. The number of nitrogens with zero attached hydrogens (tertiary/aromatic N) is 3. The number of aromatic nitrogens is 4. The van der Waals surface area contributed by atoms with Crippen molar-refractivity contribution in [1.29, 1.82) is 0 Å². The Morgan fingerprint density at radius 3 is 2.39 bits per heavy atom. The Balaban J connectivity index is 1.91. The molecule has 1 atom stereocenters. The lowest BCUT2D eigenvalue weighted by molar-refractivity contribution is -0.140. The summed E-state index contributed by atoms with van der Waals surface area (Å²) in [6.07, 6.45) is -1.96. The molecule has 0 radical (unpaired) electrons. The molecule has 0 spiro atoms. The molecule has 1 aromatic carbocycles. The first-order chi connectivity index (χ1) is 14.6. The second-order valence-electron chi connectivity index (χ2n) is 6.98. The molecule has 0 bridgehead atoms. The van der Waals surface area contributed by atoms with Gasteiger partial charge in [0.2, 0.25) is 0 Å². The van der Waals surface area contributed by atoms with E-state index in [-0.39, 0.29) is 28.8 Å². The quantitative estimate of drug-likeness (QED) is 0.598. The van der Waals surface area contributed by atoms with Crippen molar-refractivity contribution < 1.29 is 22.4 Å². The second-order valence-corrected chi connectivity index (χ2v) is 6.98. The van der Waals surface area contributed by atoms with Crippen molar-refractivity contribution in [1.82, 2.24) is 25.3 Å². The Kier molecular flexibility index (Phi) is 6.14. The number of hydrogen-bond donors (Lipinski definition) is 2. The fourth-order valence-electron chi connectivity index (χ4n) is 2.91. The topological polar surface area (TPSA) is 101 Å². The van der Waals surface area contributed by atoms with E-state index >= 15 is 0 Å². The van der Waals surface area contributed by atoms with Crippen LogP contribution in [-0.2, 0) is 6.18 Å².